The zero-order valence-corrected chi connectivity index (χ0v) is 22.6. The van der Waals surface area contributed by atoms with Crippen molar-refractivity contribution in [2.45, 2.75) is 69.5 Å². The quantitative estimate of drug-likeness (QED) is 0.530. The van der Waals surface area contributed by atoms with Crippen molar-refractivity contribution in [2.24, 2.45) is 0 Å². The molecule has 0 atom stereocenters. The summed E-state index contributed by atoms with van der Waals surface area (Å²) in [6.07, 6.45) is 0.694. The number of alkyl halides is 3. The maximum absolute atomic E-state index is 13.8. The Kier molecular flexibility index (Phi) is 7.78. The number of nitrogens with one attached hydrogen (secondary N) is 1. The van der Waals surface area contributed by atoms with Gasteiger partial charge in [-0.05, 0) is 62.8 Å². The second kappa shape index (κ2) is 11.1. The minimum absolute atomic E-state index is 0.00171. The minimum Gasteiger partial charge on any atom is -0.497 e. The Balaban J connectivity index is 1.26. The van der Waals surface area contributed by atoms with Gasteiger partial charge in [0.05, 0.1) is 12.8 Å². The van der Waals surface area contributed by atoms with Gasteiger partial charge in [0.25, 0.3) is 5.91 Å². The summed E-state index contributed by atoms with van der Waals surface area (Å²) in [7, 11) is 1.48. The first-order valence-electron chi connectivity index (χ1n) is 13.9. The van der Waals surface area contributed by atoms with Crippen molar-refractivity contribution in [3.05, 3.63) is 41.2 Å². The number of carbonyl (C=O) groups excluding carboxylic acids is 3. The molecule has 0 radical (unpaired) electrons. The van der Waals surface area contributed by atoms with Crippen molar-refractivity contribution in [1.29, 1.82) is 0 Å². The van der Waals surface area contributed by atoms with Crippen LogP contribution in [0.1, 0.15) is 73.1 Å². The lowest BCUT2D eigenvalue weighted by Crippen LogP contribution is -2.57. The van der Waals surface area contributed by atoms with Gasteiger partial charge < -0.3 is 19.9 Å². The smallest absolute Gasteiger partial charge is 0.435 e. The number of fused-ring (bicyclic) bond motifs is 1. The molecule has 3 heterocycles. The van der Waals surface area contributed by atoms with Crippen molar-refractivity contribution < 1.29 is 32.3 Å². The summed E-state index contributed by atoms with van der Waals surface area (Å²) in [4.78, 5) is 42.9. The third kappa shape index (κ3) is 5.40. The Labute approximate surface area is 230 Å². The fourth-order valence-corrected chi connectivity index (χ4v) is 6.11. The van der Waals surface area contributed by atoms with Gasteiger partial charge in [0.2, 0.25) is 11.8 Å². The summed E-state index contributed by atoms with van der Waals surface area (Å²) in [6.45, 7) is 1.74. The fraction of sp³-hybridized carbons (Fsp3) is 0.571. The lowest BCUT2D eigenvalue weighted by molar-refractivity contribution is -0.142. The monoisotopic (exact) mass is 561 g/mol. The molecular formula is C28H34F3N5O4. The standard InChI is InChI=1S/C28H34F3N5O4/c1-40-20-10-8-19(9-11-20)36-23-21(24(33-36)28(29,30)31)12-18-34(25(23)38)17-6-7-22(37)32-27(13-2-3-14-27)26(39)35-15-4-5-16-35/h8-11H,2-7,12-18H2,1H3,(H,32,37). The number of methoxy groups -OCH3 is 1. The van der Waals surface area contributed by atoms with Crippen LogP contribution < -0.4 is 10.1 Å². The molecule has 2 aliphatic heterocycles. The maximum Gasteiger partial charge on any atom is 0.435 e. The van der Waals surface area contributed by atoms with E-state index in [-0.39, 0.29) is 49.0 Å². The Morgan fingerprint density at radius 2 is 1.73 bits per heavy atom. The number of ether oxygens (including phenoxy) is 1. The van der Waals surface area contributed by atoms with Crippen LogP contribution in [0.15, 0.2) is 24.3 Å². The Morgan fingerprint density at radius 3 is 2.35 bits per heavy atom. The second-order valence-electron chi connectivity index (χ2n) is 10.8. The third-order valence-electron chi connectivity index (χ3n) is 8.16. The number of benzene rings is 1. The highest BCUT2D eigenvalue weighted by Crippen LogP contribution is 2.36. The van der Waals surface area contributed by atoms with Crippen LogP contribution in [0.25, 0.3) is 5.69 Å². The Morgan fingerprint density at radius 1 is 1.05 bits per heavy atom. The van der Waals surface area contributed by atoms with Gasteiger partial charge in [0.15, 0.2) is 5.69 Å². The van der Waals surface area contributed by atoms with Gasteiger partial charge >= 0.3 is 6.18 Å². The number of hydrogen-bond acceptors (Lipinski definition) is 5. The minimum atomic E-state index is -4.70. The van der Waals surface area contributed by atoms with Crippen LogP contribution in [0.2, 0.25) is 0 Å². The van der Waals surface area contributed by atoms with Gasteiger partial charge in [-0.1, -0.05) is 12.8 Å². The molecule has 3 amide bonds. The van der Waals surface area contributed by atoms with Crippen molar-refractivity contribution in [1.82, 2.24) is 24.9 Å². The summed E-state index contributed by atoms with van der Waals surface area (Å²) in [5, 5.41) is 6.81. The molecule has 5 rings (SSSR count). The molecule has 9 nitrogen and oxygen atoms in total. The number of nitrogens with zero attached hydrogens (tertiary/aromatic N) is 4. The van der Waals surface area contributed by atoms with Crippen LogP contribution in [0.4, 0.5) is 13.2 Å². The largest absolute Gasteiger partial charge is 0.497 e. The zero-order valence-electron chi connectivity index (χ0n) is 22.6. The van der Waals surface area contributed by atoms with Crippen LogP contribution in [-0.2, 0) is 22.2 Å². The average Bonchev–Trinajstić information content (AvgIpc) is 3.70. The van der Waals surface area contributed by atoms with Gasteiger partial charge in [-0.15, -0.1) is 0 Å². The van der Waals surface area contributed by atoms with Crippen LogP contribution in [-0.4, -0.2) is 76.1 Å². The summed E-state index contributed by atoms with van der Waals surface area (Å²) >= 11 is 0. The van der Waals surface area contributed by atoms with E-state index in [1.807, 2.05) is 4.90 Å². The van der Waals surface area contributed by atoms with E-state index in [0.29, 0.717) is 30.7 Å². The summed E-state index contributed by atoms with van der Waals surface area (Å²) < 4.78 is 47.6. The average molecular weight is 562 g/mol. The number of aromatic nitrogens is 2. The highest BCUT2D eigenvalue weighted by atomic mass is 19.4. The molecule has 1 N–H and O–H groups in total. The summed E-state index contributed by atoms with van der Waals surface area (Å²) in [6, 6.07) is 6.27. The molecule has 40 heavy (non-hydrogen) atoms. The van der Waals surface area contributed by atoms with Crippen molar-refractivity contribution in [3.8, 4) is 11.4 Å². The molecule has 1 aromatic heterocycles. The molecule has 0 spiro atoms. The fourth-order valence-electron chi connectivity index (χ4n) is 6.11. The molecule has 3 aliphatic rings. The van der Waals surface area contributed by atoms with Crippen molar-refractivity contribution in [3.63, 3.8) is 0 Å². The van der Waals surface area contributed by atoms with E-state index in [4.69, 9.17) is 4.74 Å². The van der Waals surface area contributed by atoms with Gasteiger partial charge in [-0.2, -0.15) is 18.3 Å². The van der Waals surface area contributed by atoms with E-state index in [0.717, 1.165) is 43.5 Å². The maximum atomic E-state index is 13.8. The molecule has 1 aromatic carbocycles. The number of amides is 3. The molecule has 1 saturated heterocycles. The first-order chi connectivity index (χ1) is 19.1. The molecule has 2 aromatic rings. The van der Waals surface area contributed by atoms with Crippen molar-refractivity contribution in [2.75, 3.05) is 33.3 Å². The number of carbonyl (C=O) groups is 3. The van der Waals surface area contributed by atoms with E-state index in [2.05, 4.69) is 10.4 Å². The first-order valence-corrected chi connectivity index (χ1v) is 13.9. The molecular weight excluding hydrogens is 527 g/mol. The number of halogens is 3. The predicted octanol–water partition coefficient (Wildman–Crippen LogP) is 3.73. The van der Waals surface area contributed by atoms with E-state index in [1.54, 1.807) is 24.3 Å². The second-order valence-corrected chi connectivity index (χ2v) is 10.8. The van der Waals surface area contributed by atoms with Crippen LogP contribution in [0.5, 0.6) is 5.75 Å². The SMILES string of the molecule is COc1ccc(-n2nc(C(F)(F)F)c3c2C(=O)N(CCCC(=O)NC2(C(=O)N4CCCC4)CCCC2)CC3)cc1. The van der Waals surface area contributed by atoms with Gasteiger partial charge in [0, 0.05) is 38.2 Å². The molecule has 0 bridgehead atoms. The Hall–Kier alpha value is -3.57. The number of rotatable bonds is 8. The predicted molar refractivity (Wildman–Crippen MR) is 139 cm³/mol. The summed E-state index contributed by atoms with van der Waals surface area (Å²) in [5.41, 5.74) is -1.84. The lowest BCUT2D eigenvalue weighted by Gasteiger charge is -2.33. The van der Waals surface area contributed by atoms with Crippen LogP contribution in [0, 0.1) is 0 Å². The van der Waals surface area contributed by atoms with Crippen LogP contribution in [0.3, 0.4) is 0 Å². The molecule has 0 unspecified atom stereocenters. The highest BCUT2D eigenvalue weighted by molar-refractivity contribution is 5.96. The Bertz CT molecular complexity index is 1260. The van der Waals surface area contributed by atoms with Gasteiger partial charge in [-0.3, -0.25) is 14.4 Å². The number of likely N-dealkylation sites (tertiary alicyclic amines) is 1. The van der Waals surface area contributed by atoms with Crippen molar-refractivity contribution >= 4 is 17.7 Å². The first kappa shape index (κ1) is 28.0. The molecule has 12 heteroatoms. The van der Waals surface area contributed by atoms with E-state index in [9.17, 15) is 27.6 Å². The normalized spacial score (nSPS) is 18.6. The summed E-state index contributed by atoms with van der Waals surface area (Å²) in [5.74, 6) is -0.283. The van der Waals surface area contributed by atoms with E-state index in [1.165, 1.54) is 12.0 Å². The van der Waals surface area contributed by atoms with Gasteiger partial charge in [-0.25, -0.2) is 4.68 Å². The van der Waals surface area contributed by atoms with Gasteiger partial charge in [0.1, 0.15) is 17.0 Å². The molecule has 1 aliphatic carbocycles. The molecule has 216 valence electrons. The lowest BCUT2D eigenvalue weighted by atomic mass is 9.95. The topological polar surface area (TPSA) is 96.8 Å². The molecule has 2 fully saturated rings. The number of hydrogen-bond donors (Lipinski definition) is 1. The highest BCUT2D eigenvalue weighted by Gasteiger charge is 2.45. The third-order valence-corrected chi connectivity index (χ3v) is 8.16. The van der Waals surface area contributed by atoms with E-state index < -0.39 is 23.3 Å². The zero-order chi connectivity index (χ0) is 28.5. The van der Waals surface area contributed by atoms with E-state index >= 15 is 0 Å². The molecule has 1 saturated carbocycles. The van der Waals surface area contributed by atoms with Crippen LogP contribution >= 0.6 is 0 Å².